The minimum absolute atomic E-state index is 0.0662. The molecule has 4 nitrogen and oxygen atoms in total. The Morgan fingerprint density at radius 1 is 1.64 bits per heavy atom. The van der Waals surface area contributed by atoms with Crippen molar-refractivity contribution in [2.45, 2.75) is 12.8 Å². The summed E-state index contributed by atoms with van der Waals surface area (Å²) in [6.07, 6.45) is 0. The summed E-state index contributed by atoms with van der Waals surface area (Å²) >= 11 is 5.69. The van der Waals surface area contributed by atoms with Gasteiger partial charge in [-0.2, -0.15) is 5.26 Å². The van der Waals surface area contributed by atoms with Gasteiger partial charge in [-0.15, -0.1) is 0 Å². The van der Waals surface area contributed by atoms with Crippen LogP contribution in [0, 0.1) is 21.4 Å². The molecule has 0 saturated carbocycles. The lowest BCUT2D eigenvalue weighted by Gasteiger charge is -2.04. The predicted molar refractivity (Wildman–Crippen MR) is 52.1 cm³/mol. The van der Waals surface area contributed by atoms with Gasteiger partial charge >= 0.3 is 0 Å². The van der Waals surface area contributed by atoms with Crippen LogP contribution in [0.2, 0.25) is 5.02 Å². The van der Waals surface area contributed by atoms with Gasteiger partial charge in [-0.05, 0) is 19.1 Å². The highest BCUT2D eigenvalue weighted by atomic mass is 35.5. The maximum atomic E-state index is 10.6. The predicted octanol–water partition coefficient (Wildman–Crippen LogP) is 2.88. The topological polar surface area (TPSA) is 66.9 Å². The number of nitro groups is 1. The van der Waals surface area contributed by atoms with E-state index in [-0.39, 0.29) is 5.69 Å². The Morgan fingerprint density at radius 3 is 2.79 bits per heavy atom. The largest absolute Gasteiger partial charge is 0.274 e. The standard InChI is InChI=1S/C9H7ClN2O2/c1-6(5-11)8-4-7(10)2-3-9(8)12(13)14/h2-4,6H,1H3. The van der Waals surface area contributed by atoms with Gasteiger partial charge in [0.25, 0.3) is 5.69 Å². The van der Waals surface area contributed by atoms with E-state index in [2.05, 4.69) is 0 Å². The van der Waals surface area contributed by atoms with Crippen LogP contribution in [0.25, 0.3) is 0 Å². The zero-order valence-electron chi connectivity index (χ0n) is 7.40. The fourth-order valence-electron chi connectivity index (χ4n) is 1.11. The Bertz CT molecular complexity index is 412. The van der Waals surface area contributed by atoms with Crippen LogP contribution in [0.15, 0.2) is 18.2 Å². The van der Waals surface area contributed by atoms with E-state index >= 15 is 0 Å². The van der Waals surface area contributed by atoms with Gasteiger partial charge in [0.05, 0.1) is 16.9 Å². The SMILES string of the molecule is CC(C#N)c1cc(Cl)ccc1[N+](=O)[O-]. The van der Waals surface area contributed by atoms with Crippen molar-refractivity contribution in [3.63, 3.8) is 0 Å². The van der Waals surface area contributed by atoms with Gasteiger partial charge in [-0.3, -0.25) is 10.1 Å². The molecule has 0 aromatic heterocycles. The average Bonchev–Trinajstić information content (AvgIpc) is 2.16. The molecule has 14 heavy (non-hydrogen) atoms. The molecular weight excluding hydrogens is 204 g/mol. The lowest BCUT2D eigenvalue weighted by Crippen LogP contribution is -1.97. The minimum Gasteiger partial charge on any atom is -0.258 e. The van der Waals surface area contributed by atoms with Crippen LogP contribution in [0.4, 0.5) is 5.69 Å². The van der Waals surface area contributed by atoms with Crippen molar-refractivity contribution in [2.75, 3.05) is 0 Å². The van der Waals surface area contributed by atoms with Crippen molar-refractivity contribution in [2.24, 2.45) is 0 Å². The second kappa shape index (κ2) is 4.07. The van der Waals surface area contributed by atoms with E-state index in [1.54, 1.807) is 6.92 Å². The Morgan fingerprint density at radius 2 is 2.29 bits per heavy atom. The summed E-state index contributed by atoms with van der Waals surface area (Å²) in [5.74, 6) is -0.533. The zero-order valence-corrected chi connectivity index (χ0v) is 8.15. The third kappa shape index (κ3) is 2.01. The van der Waals surface area contributed by atoms with Gasteiger partial charge in [-0.25, -0.2) is 0 Å². The number of hydrogen-bond acceptors (Lipinski definition) is 3. The van der Waals surface area contributed by atoms with Crippen LogP contribution < -0.4 is 0 Å². The van der Waals surface area contributed by atoms with Crippen LogP contribution in [-0.4, -0.2) is 4.92 Å². The normalized spacial score (nSPS) is 11.8. The number of nitrogens with zero attached hydrogens (tertiary/aromatic N) is 2. The molecule has 1 unspecified atom stereocenters. The highest BCUT2D eigenvalue weighted by Gasteiger charge is 2.18. The molecule has 1 aromatic rings. The molecule has 0 aliphatic heterocycles. The molecule has 0 aliphatic rings. The van der Waals surface area contributed by atoms with E-state index < -0.39 is 10.8 Å². The molecule has 1 aromatic carbocycles. The summed E-state index contributed by atoms with van der Waals surface area (Å²) in [5, 5.41) is 19.7. The third-order valence-corrected chi connectivity index (χ3v) is 2.08. The molecule has 0 heterocycles. The van der Waals surface area contributed by atoms with Gasteiger partial charge in [-0.1, -0.05) is 11.6 Å². The molecule has 72 valence electrons. The molecule has 0 radical (unpaired) electrons. The molecule has 0 aliphatic carbocycles. The quantitative estimate of drug-likeness (QED) is 0.557. The van der Waals surface area contributed by atoms with E-state index in [0.29, 0.717) is 10.6 Å². The Labute approximate surface area is 85.9 Å². The van der Waals surface area contributed by atoms with Gasteiger partial charge in [0.1, 0.15) is 0 Å². The molecule has 1 rings (SSSR count). The van der Waals surface area contributed by atoms with Crippen molar-refractivity contribution >= 4 is 17.3 Å². The molecule has 0 saturated heterocycles. The van der Waals surface area contributed by atoms with Crippen LogP contribution >= 0.6 is 11.6 Å². The molecule has 0 N–H and O–H groups in total. The first-order valence-electron chi connectivity index (χ1n) is 3.89. The van der Waals surface area contributed by atoms with Crippen molar-refractivity contribution in [1.29, 1.82) is 5.26 Å². The highest BCUT2D eigenvalue weighted by molar-refractivity contribution is 6.30. The van der Waals surface area contributed by atoms with Crippen LogP contribution in [0.5, 0.6) is 0 Å². The zero-order chi connectivity index (χ0) is 10.7. The molecule has 0 amide bonds. The first-order valence-corrected chi connectivity index (χ1v) is 4.27. The van der Waals surface area contributed by atoms with E-state index in [4.69, 9.17) is 16.9 Å². The fourth-order valence-corrected chi connectivity index (χ4v) is 1.29. The van der Waals surface area contributed by atoms with Gasteiger partial charge in [0, 0.05) is 16.7 Å². The average molecular weight is 211 g/mol. The Hall–Kier alpha value is -1.60. The second-order valence-corrected chi connectivity index (χ2v) is 3.25. The van der Waals surface area contributed by atoms with Crippen LogP contribution in [0.1, 0.15) is 18.4 Å². The lowest BCUT2D eigenvalue weighted by molar-refractivity contribution is -0.385. The maximum absolute atomic E-state index is 10.6. The highest BCUT2D eigenvalue weighted by Crippen LogP contribution is 2.28. The van der Waals surface area contributed by atoms with Crippen LogP contribution in [0.3, 0.4) is 0 Å². The number of hydrogen-bond donors (Lipinski definition) is 0. The van der Waals surface area contributed by atoms with E-state index in [1.165, 1.54) is 18.2 Å². The third-order valence-electron chi connectivity index (χ3n) is 1.85. The number of halogens is 1. The van der Waals surface area contributed by atoms with E-state index in [0.717, 1.165) is 0 Å². The first-order chi connectivity index (χ1) is 6.56. The van der Waals surface area contributed by atoms with Gasteiger partial charge in [0.15, 0.2) is 0 Å². The number of nitriles is 1. The summed E-state index contributed by atoms with van der Waals surface area (Å²) < 4.78 is 0. The van der Waals surface area contributed by atoms with Crippen molar-refractivity contribution < 1.29 is 4.92 Å². The summed E-state index contributed by atoms with van der Waals surface area (Å²) in [4.78, 5) is 10.1. The summed E-state index contributed by atoms with van der Waals surface area (Å²) in [6, 6.07) is 6.14. The summed E-state index contributed by atoms with van der Waals surface area (Å²) in [7, 11) is 0. The van der Waals surface area contributed by atoms with Gasteiger partial charge < -0.3 is 0 Å². The van der Waals surface area contributed by atoms with E-state index in [9.17, 15) is 10.1 Å². The Balaban J connectivity index is 3.31. The summed E-state index contributed by atoms with van der Waals surface area (Å²) in [6.45, 7) is 1.60. The summed E-state index contributed by atoms with van der Waals surface area (Å²) in [5.41, 5.74) is 0.286. The van der Waals surface area contributed by atoms with Crippen LogP contribution in [-0.2, 0) is 0 Å². The lowest BCUT2D eigenvalue weighted by atomic mass is 10.0. The molecule has 0 fully saturated rings. The molecule has 0 bridgehead atoms. The minimum atomic E-state index is -0.533. The first kappa shape index (κ1) is 10.5. The molecule has 5 heteroatoms. The van der Waals surface area contributed by atoms with E-state index in [1.807, 2.05) is 6.07 Å². The molecular formula is C9H7ClN2O2. The van der Waals surface area contributed by atoms with Crippen molar-refractivity contribution in [3.8, 4) is 6.07 Å². The van der Waals surface area contributed by atoms with Gasteiger partial charge in [0.2, 0.25) is 0 Å². The number of rotatable bonds is 2. The van der Waals surface area contributed by atoms with Crippen molar-refractivity contribution in [1.82, 2.24) is 0 Å². The monoisotopic (exact) mass is 210 g/mol. The smallest absolute Gasteiger partial charge is 0.258 e. The fraction of sp³-hybridized carbons (Fsp3) is 0.222. The molecule has 0 spiro atoms. The Kier molecular flexibility index (Phi) is 3.05. The van der Waals surface area contributed by atoms with Crippen molar-refractivity contribution in [3.05, 3.63) is 38.9 Å². The second-order valence-electron chi connectivity index (χ2n) is 2.81. The maximum Gasteiger partial charge on any atom is 0.274 e. The number of benzene rings is 1. The number of nitro benzene ring substituents is 1. The molecule has 1 atom stereocenters.